The summed E-state index contributed by atoms with van der Waals surface area (Å²) in [7, 11) is 0. The molecule has 0 spiro atoms. The first kappa shape index (κ1) is 15.3. The Balaban J connectivity index is 1.87. The average molecular weight is 292 g/mol. The molecule has 21 heavy (non-hydrogen) atoms. The number of hydrogen-bond acceptors (Lipinski definition) is 3. The summed E-state index contributed by atoms with van der Waals surface area (Å²) in [6, 6.07) is 6.96. The molecule has 1 saturated heterocycles. The molecule has 1 aliphatic rings. The summed E-state index contributed by atoms with van der Waals surface area (Å²) in [6.45, 7) is 2.89. The highest BCUT2D eigenvalue weighted by atomic mass is 16.5. The van der Waals surface area contributed by atoms with Crippen molar-refractivity contribution >= 4 is 12.0 Å². The summed E-state index contributed by atoms with van der Waals surface area (Å²) in [6.07, 6.45) is 0.784. The van der Waals surface area contributed by atoms with Gasteiger partial charge in [-0.2, -0.15) is 0 Å². The molecule has 0 bridgehead atoms. The molecule has 2 amide bonds. The van der Waals surface area contributed by atoms with Crippen molar-refractivity contribution in [3.8, 4) is 0 Å². The smallest absolute Gasteiger partial charge is 0.315 e. The first-order valence-electron chi connectivity index (χ1n) is 7.01. The van der Waals surface area contributed by atoms with Crippen molar-refractivity contribution in [2.24, 2.45) is 0 Å². The highest BCUT2D eigenvalue weighted by Crippen LogP contribution is 2.12. The number of carbonyl (C=O) groups excluding carboxylic acids is 1. The second-order valence-electron chi connectivity index (χ2n) is 5.14. The maximum absolute atomic E-state index is 11.9. The lowest BCUT2D eigenvalue weighted by Gasteiger charge is -2.17. The molecule has 2 rings (SSSR count). The van der Waals surface area contributed by atoms with Gasteiger partial charge in [0.2, 0.25) is 0 Å². The van der Waals surface area contributed by atoms with Crippen molar-refractivity contribution in [1.29, 1.82) is 0 Å². The van der Waals surface area contributed by atoms with E-state index in [0.29, 0.717) is 18.7 Å². The molecule has 1 aliphatic heterocycles. The number of urea groups is 1. The topological polar surface area (TPSA) is 87.7 Å². The molecule has 3 N–H and O–H groups in total. The van der Waals surface area contributed by atoms with Crippen LogP contribution in [0.2, 0.25) is 0 Å². The van der Waals surface area contributed by atoms with E-state index in [1.807, 2.05) is 19.1 Å². The van der Waals surface area contributed by atoms with Crippen molar-refractivity contribution < 1.29 is 19.4 Å². The van der Waals surface area contributed by atoms with Crippen LogP contribution in [0.1, 0.15) is 24.5 Å². The molecule has 2 unspecified atom stereocenters. The predicted molar refractivity (Wildman–Crippen MR) is 77.0 cm³/mol. The second kappa shape index (κ2) is 7.08. The van der Waals surface area contributed by atoms with Crippen LogP contribution in [0.5, 0.6) is 0 Å². The number of ether oxygens (including phenoxy) is 1. The molecule has 2 atom stereocenters. The third-order valence-corrected chi connectivity index (χ3v) is 3.59. The molecule has 114 valence electrons. The van der Waals surface area contributed by atoms with Crippen LogP contribution in [-0.2, 0) is 22.5 Å². The monoisotopic (exact) mass is 292 g/mol. The molecule has 0 aromatic heterocycles. The van der Waals surface area contributed by atoms with E-state index in [-0.39, 0.29) is 24.6 Å². The SMILES string of the molecule is CC1OCCC1NC(=O)NCc1ccccc1CC(=O)O. The van der Waals surface area contributed by atoms with E-state index in [0.717, 1.165) is 12.0 Å². The minimum Gasteiger partial charge on any atom is -0.481 e. The van der Waals surface area contributed by atoms with Gasteiger partial charge in [0.25, 0.3) is 0 Å². The van der Waals surface area contributed by atoms with Crippen molar-refractivity contribution in [3.05, 3.63) is 35.4 Å². The van der Waals surface area contributed by atoms with Gasteiger partial charge < -0.3 is 20.5 Å². The fourth-order valence-electron chi connectivity index (χ4n) is 2.38. The van der Waals surface area contributed by atoms with Gasteiger partial charge in [0.05, 0.1) is 18.6 Å². The van der Waals surface area contributed by atoms with E-state index >= 15 is 0 Å². The predicted octanol–water partition coefficient (Wildman–Crippen LogP) is 1.29. The highest BCUT2D eigenvalue weighted by Gasteiger charge is 2.25. The quantitative estimate of drug-likeness (QED) is 0.763. The lowest BCUT2D eigenvalue weighted by molar-refractivity contribution is -0.136. The number of nitrogens with one attached hydrogen (secondary N) is 2. The fourth-order valence-corrected chi connectivity index (χ4v) is 2.38. The molecule has 1 heterocycles. The van der Waals surface area contributed by atoms with Crippen LogP contribution in [0, 0.1) is 0 Å². The second-order valence-corrected chi connectivity index (χ2v) is 5.14. The van der Waals surface area contributed by atoms with E-state index in [1.54, 1.807) is 12.1 Å². The summed E-state index contributed by atoms with van der Waals surface area (Å²) in [4.78, 5) is 22.7. The normalized spacial score (nSPS) is 21.0. The van der Waals surface area contributed by atoms with Gasteiger partial charge in [0.15, 0.2) is 0 Å². The van der Waals surface area contributed by atoms with Gasteiger partial charge >= 0.3 is 12.0 Å². The zero-order chi connectivity index (χ0) is 15.2. The Morgan fingerprint density at radius 3 is 2.67 bits per heavy atom. The molecule has 1 fully saturated rings. The molecule has 6 nitrogen and oxygen atoms in total. The molecule has 1 aromatic carbocycles. The van der Waals surface area contributed by atoms with Gasteiger partial charge in [-0.25, -0.2) is 4.79 Å². The average Bonchev–Trinajstić information content (AvgIpc) is 2.83. The van der Waals surface area contributed by atoms with Crippen LogP contribution in [-0.4, -0.2) is 35.9 Å². The van der Waals surface area contributed by atoms with Crippen molar-refractivity contribution in [2.45, 2.75) is 38.5 Å². The number of benzene rings is 1. The highest BCUT2D eigenvalue weighted by molar-refractivity contribution is 5.74. The maximum atomic E-state index is 11.9. The number of aliphatic carboxylic acids is 1. The zero-order valence-corrected chi connectivity index (χ0v) is 12.0. The summed E-state index contributed by atoms with van der Waals surface area (Å²) >= 11 is 0. The van der Waals surface area contributed by atoms with E-state index in [2.05, 4.69) is 10.6 Å². The third-order valence-electron chi connectivity index (χ3n) is 3.59. The Hall–Kier alpha value is -2.08. The standard InChI is InChI=1S/C15H20N2O4/c1-10-13(6-7-21-10)17-15(20)16-9-12-5-3-2-4-11(12)8-14(18)19/h2-5,10,13H,6-9H2,1H3,(H,18,19)(H2,16,17,20). The van der Waals surface area contributed by atoms with Crippen molar-refractivity contribution in [2.75, 3.05) is 6.61 Å². The number of carboxylic acids is 1. The molecular weight excluding hydrogens is 272 g/mol. The Morgan fingerprint density at radius 1 is 1.33 bits per heavy atom. The number of carbonyl (C=O) groups is 2. The minimum atomic E-state index is -0.885. The Kier molecular flexibility index (Phi) is 5.16. The first-order chi connectivity index (χ1) is 10.1. The number of rotatable bonds is 5. The number of amides is 2. The van der Waals surface area contributed by atoms with E-state index in [1.165, 1.54) is 0 Å². The summed E-state index contributed by atoms with van der Waals surface area (Å²) < 4.78 is 5.38. The van der Waals surface area contributed by atoms with Crippen LogP contribution in [0.3, 0.4) is 0 Å². The minimum absolute atomic E-state index is 0.0232. The van der Waals surface area contributed by atoms with E-state index in [4.69, 9.17) is 9.84 Å². The summed E-state index contributed by atoms with van der Waals surface area (Å²) in [5.41, 5.74) is 1.52. The van der Waals surface area contributed by atoms with E-state index < -0.39 is 5.97 Å². The molecule has 0 radical (unpaired) electrons. The van der Waals surface area contributed by atoms with Gasteiger partial charge in [-0.15, -0.1) is 0 Å². The first-order valence-corrected chi connectivity index (χ1v) is 7.01. The Labute approximate surface area is 123 Å². The third kappa shape index (κ3) is 4.46. The molecular formula is C15H20N2O4. The van der Waals surface area contributed by atoms with Gasteiger partial charge in [0.1, 0.15) is 0 Å². The fraction of sp³-hybridized carbons (Fsp3) is 0.467. The van der Waals surface area contributed by atoms with Crippen LogP contribution >= 0.6 is 0 Å². The van der Waals surface area contributed by atoms with E-state index in [9.17, 15) is 9.59 Å². The van der Waals surface area contributed by atoms with Crippen LogP contribution in [0.25, 0.3) is 0 Å². The summed E-state index contributed by atoms with van der Waals surface area (Å²) in [5.74, 6) is -0.885. The molecule has 0 saturated carbocycles. The van der Waals surface area contributed by atoms with Crippen LogP contribution in [0.15, 0.2) is 24.3 Å². The van der Waals surface area contributed by atoms with Crippen LogP contribution in [0.4, 0.5) is 4.79 Å². The van der Waals surface area contributed by atoms with Gasteiger partial charge in [0, 0.05) is 13.2 Å². The largest absolute Gasteiger partial charge is 0.481 e. The lowest BCUT2D eigenvalue weighted by atomic mass is 10.0. The van der Waals surface area contributed by atoms with Crippen molar-refractivity contribution in [1.82, 2.24) is 10.6 Å². The van der Waals surface area contributed by atoms with Gasteiger partial charge in [-0.3, -0.25) is 4.79 Å². The Morgan fingerprint density at radius 2 is 2.05 bits per heavy atom. The number of carboxylic acid groups (broad SMARTS) is 1. The van der Waals surface area contributed by atoms with Crippen molar-refractivity contribution in [3.63, 3.8) is 0 Å². The van der Waals surface area contributed by atoms with Crippen LogP contribution < -0.4 is 10.6 Å². The Bertz CT molecular complexity index is 518. The molecule has 1 aromatic rings. The van der Waals surface area contributed by atoms with Gasteiger partial charge in [-0.05, 0) is 24.5 Å². The van der Waals surface area contributed by atoms with Gasteiger partial charge in [-0.1, -0.05) is 24.3 Å². The molecule has 6 heteroatoms. The lowest BCUT2D eigenvalue weighted by Crippen LogP contribution is -2.44. The maximum Gasteiger partial charge on any atom is 0.315 e. The zero-order valence-electron chi connectivity index (χ0n) is 12.0. The summed E-state index contributed by atoms with van der Waals surface area (Å²) in [5, 5.41) is 14.5. The number of hydrogen-bond donors (Lipinski definition) is 3. The molecule has 0 aliphatic carbocycles.